The largest absolute Gasteiger partial charge is 0.358 e. The van der Waals surface area contributed by atoms with Crippen molar-refractivity contribution in [2.45, 2.75) is 26.2 Å². The van der Waals surface area contributed by atoms with Crippen LogP contribution in [0.3, 0.4) is 0 Å². The molecular weight excluding hydrogens is 310 g/mol. The second kappa shape index (κ2) is 5.74. The number of nitrogens with one attached hydrogen (secondary N) is 2. The lowest BCUT2D eigenvalue weighted by molar-refractivity contribution is -0.120. The number of para-hydroxylation sites is 2. The van der Waals surface area contributed by atoms with Crippen LogP contribution in [0.15, 0.2) is 42.5 Å². The van der Waals surface area contributed by atoms with Crippen molar-refractivity contribution in [1.29, 1.82) is 0 Å². The predicted molar refractivity (Wildman–Crippen MR) is 91.0 cm³/mol. The van der Waals surface area contributed by atoms with E-state index in [1.807, 2.05) is 31.2 Å². The molecule has 1 amide bonds. The first kappa shape index (κ1) is 16.2. The first-order valence-electron chi connectivity index (χ1n) is 7.65. The highest BCUT2D eigenvalue weighted by Crippen LogP contribution is 2.34. The molecule has 0 aliphatic rings. The Balaban J connectivity index is 2.03. The van der Waals surface area contributed by atoms with E-state index in [-0.39, 0.29) is 0 Å². The van der Waals surface area contributed by atoms with Gasteiger partial charge in [-0.05, 0) is 44.5 Å². The summed E-state index contributed by atoms with van der Waals surface area (Å²) in [6.45, 7) is 5.36. The molecule has 0 unspecified atom stereocenters. The number of carbonyl (C=O) groups is 1. The molecule has 1 aromatic heterocycles. The Kier molecular flexibility index (Phi) is 3.87. The van der Waals surface area contributed by atoms with E-state index in [4.69, 9.17) is 0 Å². The predicted octanol–water partition coefficient (Wildman–Crippen LogP) is 4.67. The lowest BCUT2D eigenvalue weighted by atomic mass is 9.81. The number of H-pyrrole nitrogens is 1. The van der Waals surface area contributed by atoms with Gasteiger partial charge in [0.1, 0.15) is 17.3 Å². The van der Waals surface area contributed by atoms with Crippen molar-refractivity contribution >= 4 is 22.5 Å². The molecule has 3 rings (SSSR count). The monoisotopic (exact) mass is 328 g/mol. The Bertz CT molecular complexity index is 908. The Morgan fingerprint density at radius 1 is 1.04 bits per heavy atom. The van der Waals surface area contributed by atoms with Crippen LogP contribution in [0, 0.1) is 18.6 Å². The molecule has 3 nitrogen and oxygen atoms in total. The van der Waals surface area contributed by atoms with E-state index in [0.717, 1.165) is 34.3 Å². The van der Waals surface area contributed by atoms with E-state index >= 15 is 0 Å². The molecule has 1 heterocycles. The molecule has 0 aliphatic heterocycles. The number of hydrogen-bond donors (Lipinski definition) is 2. The molecule has 0 aliphatic carbocycles. The fourth-order valence-electron chi connectivity index (χ4n) is 3.08. The van der Waals surface area contributed by atoms with Gasteiger partial charge in [0.05, 0.1) is 5.41 Å². The number of benzene rings is 2. The Morgan fingerprint density at radius 3 is 2.33 bits per heavy atom. The third-order valence-corrected chi connectivity index (χ3v) is 4.29. The summed E-state index contributed by atoms with van der Waals surface area (Å²) in [4.78, 5) is 16.0. The topological polar surface area (TPSA) is 44.9 Å². The molecule has 2 aromatic carbocycles. The fraction of sp³-hybridized carbons (Fsp3) is 0.211. The molecule has 0 saturated carbocycles. The maximum absolute atomic E-state index is 13.8. The zero-order valence-electron chi connectivity index (χ0n) is 13.7. The summed E-state index contributed by atoms with van der Waals surface area (Å²) in [5.41, 5.74) is 1.19. The van der Waals surface area contributed by atoms with Gasteiger partial charge in [0, 0.05) is 16.6 Å². The molecule has 0 radical (unpaired) electrons. The van der Waals surface area contributed by atoms with E-state index < -0.39 is 28.6 Å². The smallest absolute Gasteiger partial charge is 0.234 e. The molecule has 24 heavy (non-hydrogen) atoms. The minimum Gasteiger partial charge on any atom is -0.358 e. The minimum absolute atomic E-state index is 0.423. The molecule has 0 fully saturated rings. The van der Waals surface area contributed by atoms with Gasteiger partial charge < -0.3 is 10.3 Å². The first-order chi connectivity index (χ1) is 11.3. The summed E-state index contributed by atoms with van der Waals surface area (Å²) < 4.78 is 27.6. The Hall–Kier alpha value is -2.69. The number of fused-ring (bicyclic) bond motifs is 1. The summed E-state index contributed by atoms with van der Waals surface area (Å²) in [6, 6.07) is 11.1. The second-order valence-electron chi connectivity index (χ2n) is 6.35. The highest BCUT2D eigenvalue weighted by molar-refractivity contribution is 6.02. The van der Waals surface area contributed by atoms with Crippen LogP contribution in [0.1, 0.15) is 25.1 Å². The number of halogens is 2. The molecule has 124 valence electrons. The zero-order valence-corrected chi connectivity index (χ0v) is 13.7. The number of rotatable bonds is 3. The highest BCUT2D eigenvalue weighted by Gasteiger charge is 2.34. The molecule has 2 N–H and O–H groups in total. The Labute approximate surface area is 138 Å². The first-order valence-corrected chi connectivity index (χ1v) is 7.65. The second-order valence-corrected chi connectivity index (χ2v) is 6.35. The van der Waals surface area contributed by atoms with E-state index in [1.165, 1.54) is 6.07 Å². The highest BCUT2D eigenvalue weighted by atomic mass is 19.1. The summed E-state index contributed by atoms with van der Waals surface area (Å²) >= 11 is 0. The van der Waals surface area contributed by atoms with E-state index in [9.17, 15) is 13.6 Å². The van der Waals surface area contributed by atoms with Crippen LogP contribution in [0.4, 0.5) is 14.5 Å². The zero-order chi connectivity index (χ0) is 17.5. The van der Waals surface area contributed by atoms with Crippen molar-refractivity contribution in [3.8, 4) is 0 Å². The van der Waals surface area contributed by atoms with Gasteiger partial charge in [-0.25, -0.2) is 8.78 Å². The fourth-order valence-corrected chi connectivity index (χ4v) is 3.08. The number of hydrogen-bond acceptors (Lipinski definition) is 1. The Morgan fingerprint density at radius 2 is 1.67 bits per heavy atom. The van der Waals surface area contributed by atoms with Crippen LogP contribution in [-0.4, -0.2) is 10.9 Å². The summed E-state index contributed by atoms with van der Waals surface area (Å²) in [6.07, 6.45) is 0. The maximum Gasteiger partial charge on any atom is 0.234 e. The number of aromatic nitrogens is 1. The summed E-state index contributed by atoms with van der Waals surface area (Å²) in [5, 5.41) is 3.32. The van der Waals surface area contributed by atoms with Crippen LogP contribution in [0.2, 0.25) is 0 Å². The van der Waals surface area contributed by atoms with Crippen LogP contribution >= 0.6 is 0 Å². The van der Waals surface area contributed by atoms with Crippen LogP contribution in [0.25, 0.3) is 10.9 Å². The molecule has 5 heteroatoms. The van der Waals surface area contributed by atoms with Gasteiger partial charge in [-0.2, -0.15) is 0 Å². The SMILES string of the molecule is Cc1[nH]c2ccccc2c1C(C)(C)C(=O)Nc1c(F)cccc1F. The quantitative estimate of drug-likeness (QED) is 0.721. The van der Waals surface area contributed by atoms with Crippen molar-refractivity contribution in [1.82, 2.24) is 4.98 Å². The van der Waals surface area contributed by atoms with Gasteiger partial charge in [0.2, 0.25) is 5.91 Å². The molecule has 0 saturated heterocycles. The molecule has 3 aromatic rings. The third kappa shape index (κ3) is 2.56. The summed E-state index contributed by atoms with van der Waals surface area (Å²) in [7, 11) is 0. The average Bonchev–Trinajstić information content (AvgIpc) is 2.87. The lowest BCUT2D eigenvalue weighted by Crippen LogP contribution is -2.35. The van der Waals surface area contributed by atoms with Gasteiger partial charge in [0.25, 0.3) is 0 Å². The standard InChI is InChI=1S/C19H18F2N2O/c1-11-16(12-7-4-5-10-15(12)22-11)19(2,3)18(24)23-17-13(20)8-6-9-14(17)21/h4-10,22H,1-3H3,(H,23,24). The molecule has 0 spiro atoms. The van der Waals surface area contributed by atoms with E-state index in [1.54, 1.807) is 13.8 Å². The number of aromatic amines is 1. The van der Waals surface area contributed by atoms with Gasteiger partial charge in [-0.3, -0.25) is 4.79 Å². The number of carbonyl (C=O) groups excluding carboxylic acids is 1. The maximum atomic E-state index is 13.8. The van der Waals surface area contributed by atoms with Crippen LogP contribution in [-0.2, 0) is 10.2 Å². The van der Waals surface area contributed by atoms with Crippen molar-refractivity contribution < 1.29 is 13.6 Å². The molecule has 0 bridgehead atoms. The van der Waals surface area contributed by atoms with Gasteiger partial charge in [-0.1, -0.05) is 24.3 Å². The van der Waals surface area contributed by atoms with Gasteiger partial charge in [-0.15, -0.1) is 0 Å². The van der Waals surface area contributed by atoms with Crippen molar-refractivity contribution in [3.05, 3.63) is 65.4 Å². The average molecular weight is 328 g/mol. The number of amides is 1. The van der Waals surface area contributed by atoms with Crippen molar-refractivity contribution in [2.75, 3.05) is 5.32 Å². The lowest BCUT2D eigenvalue weighted by Gasteiger charge is -2.25. The normalized spacial score (nSPS) is 11.7. The van der Waals surface area contributed by atoms with Crippen LogP contribution in [0.5, 0.6) is 0 Å². The van der Waals surface area contributed by atoms with E-state index in [0.29, 0.717) is 0 Å². The minimum atomic E-state index is -0.974. The van der Waals surface area contributed by atoms with E-state index in [2.05, 4.69) is 10.3 Å². The third-order valence-electron chi connectivity index (χ3n) is 4.29. The number of anilines is 1. The summed E-state index contributed by atoms with van der Waals surface area (Å²) in [5.74, 6) is -2.07. The van der Waals surface area contributed by atoms with Crippen molar-refractivity contribution in [2.24, 2.45) is 0 Å². The number of aryl methyl sites for hydroxylation is 1. The van der Waals surface area contributed by atoms with Crippen molar-refractivity contribution in [3.63, 3.8) is 0 Å². The van der Waals surface area contributed by atoms with Gasteiger partial charge >= 0.3 is 0 Å². The molecule has 0 atom stereocenters. The van der Waals surface area contributed by atoms with Crippen LogP contribution < -0.4 is 5.32 Å². The molecular formula is C19H18F2N2O. The van der Waals surface area contributed by atoms with Gasteiger partial charge in [0.15, 0.2) is 0 Å².